The van der Waals surface area contributed by atoms with Crippen LogP contribution in [-0.2, 0) is 11.3 Å². The minimum absolute atomic E-state index is 0.0369. The zero-order valence-corrected chi connectivity index (χ0v) is 15.8. The number of thiazole rings is 1. The van der Waals surface area contributed by atoms with Crippen LogP contribution in [0.4, 0.5) is 0 Å². The summed E-state index contributed by atoms with van der Waals surface area (Å²) in [7, 11) is 0. The van der Waals surface area contributed by atoms with E-state index in [1.807, 2.05) is 36.4 Å². The van der Waals surface area contributed by atoms with E-state index >= 15 is 0 Å². The van der Waals surface area contributed by atoms with Gasteiger partial charge in [-0.3, -0.25) is 9.20 Å². The highest BCUT2D eigenvalue weighted by molar-refractivity contribution is 14.1. The highest BCUT2D eigenvalue weighted by atomic mass is 127. The molecule has 0 amide bonds. The van der Waals surface area contributed by atoms with E-state index in [1.165, 1.54) is 17.4 Å². The molecule has 0 saturated carbocycles. The van der Waals surface area contributed by atoms with Crippen LogP contribution in [0.5, 0.6) is 0 Å². The molecule has 124 valence electrons. The number of para-hydroxylation sites is 1. The van der Waals surface area contributed by atoms with Crippen LogP contribution in [0.25, 0.3) is 15.2 Å². The molecule has 0 radical (unpaired) electrons. The van der Waals surface area contributed by atoms with Crippen molar-refractivity contribution in [3.8, 4) is 0 Å². The minimum Gasteiger partial charge on any atom is -0.456 e. The molecule has 5 nitrogen and oxygen atoms in total. The third-order valence-electron chi connectivity index (χ3n) is 3.68. The maximum atomic E-state index is 12.4. The van der Waals surface area contributed by atoms with Gasteiger partial charge in [0.05, 0.1) is 21.5 Å². The normalized spacial score (nSPS) is 11.1. The Morgan fingerprint density at radius 2 is 1.92 bits per heavy atom. The fraction of sp³-hybridized carbons (Fsp3) is 0.0556. The molecule has 0 aliphatic rings. The van der Waals surface area contributed by atoms with Gasteiger partial charge in [0.15, 0.2) is 4.96 Å². The van der Waals surface area contributed by atoms with Gasteiger partial charge in [0.1, 0.15) is 6.61 Å². The van der Waals surface area contributed by atoms with Gasteiger partial charge in [-0.25, -0.2) is 9.78 Å². The topological polar surface area (TPSA) is 60.7 Å². The summed E-state index contributed by atoms with van der Waals surface area (Å²) in [6, 6.07) is 16.2. The lowest BCUT2D eigenvalue weighted by molar-refractivity contribution is 0.0468. The predicted octanol–water partition coefficient (Wildman–Crippen LogP) is 3.87. The largest absolute Gasteiger partial charge is 0.456 e. The van der Waals surface area contributed by atoms with E-state index in [9.17, 15) is 9.59 Å². The summed E-state index contributed by atoms with van der Waals surface area (Å²) < 4.78 is 8.89. The first kappa shape index (κ1) is 16.2. The molecule has 7 heteroatoms. The number of carbonyl (C=O) groups excluding carboxylic acids is 1. The Bertz CT molecular complexity index is 1150. The van der Waals surface area contributed by atoms with Gasteiger partial charge in [0, 0.05) is 9.64 Å². The number of carbonyl (C=O) groups is 1. The fourth-order valence-corrected chi connectivity index (χ4v) is 3.92. The first-order chi connectivity index (χ1) is 12.1. The van der Waals surface area contributed by atoms with E-state index in [4.69, 9.17) is 4.74 Å². The number of ether oxygens (including phenoxy) is 1. The lowest BCUT2D eigenvalue weighted by Gasteiger charge is -2.05. The summed E-state index contributed by atoms with van der Waals surface area (Å²) in [5.41, 5.74) is 1.57. The lowest BCUT2D eigenvalue weighted by Crippen LogP contribution is -2.15. The number of hydrogen-bond acceptors (Lipinski definition) is 5. The summed E-state index contributed by atoms with van der Waals surface area (Å²) in [5.74, 6) is -0.435. The fourth-order valence-electron chi connectivity index (χ4n) is 2.51. The van der Waals surface area contributed by atoms with E-state index in [2.05, 4.69) is 27.6 Å². The number of rotatable bonds is 3. The summed E-state index contributed by atoms with van der Waals surface area (Å²) in [4.78, 5) is 29.5. The summed E-state index contributed by atoms with van der Waals surface area (Å²) in [6.07, 6.45) is 0. The molecule has 0 aliphatic heterocycles. The summed E-state index contributed by atoms with van der Waals surface area (Å²) >= 11 is 3.60. The number of nitrogens with zero attached hydrogens (tertiary/aromatic N) is 2. The standard InChI is InChI=1S/C18H11IN2O3S/c19-12-7-5-11(6-8-12)17(23)24-10-13-9-16(22)21-14-3-1-2-4-15(14)25-18(21)20-13/h1-9H,10H2. The molecule has 4 rings (SSSR count). The van der Waals surface area contributed by atoms with E-state index in [0.29, 0.717) is 16.2 Å². The van der Waals surface area contributed by atoms with Gasteiger partial charge in [0.2, 0.25) is 0 Å². The van der Waals surface area contributed by atoms with Crippen LogP contribution >= 0.6 is 33.9 Å². The summed E-state index contributed by atoms with van der Waals surface area (Å²) in [6.45, 7) is -0.0369. The number of fused-ring (bicyclic) bond motifs is 3. The number of esters is 1. The molecule has 0 unspecified atom stereocenters. The number of halogens is 1. The molecule has 2 aromatic carbocycles. The van der Waals surface area contributed by atoms with Gasteiger partial charge >= 0.3 is 5.97 Å². The van der Waals surface area contributed by atoms with E-state index in [1.54, 1.807) is 16.5 Å². The first-order valence-corrected chi connectivity index (χ1v) is 9.34. The minimum atomic E-state index is -0.435. The highest BCUT2D eigenvalue weighted by Crippen LogP contribution is 2.23. The number of benzene rings is 2. The van der Waals surface area contributed by atoms with Gasteiger partial charge in [-0.15, -0.1) is 0 Å². The molecule has 0 atom stereocenters. The van der Waals surface area contributed by atoms with Crippen molar-refractivity contribution in [3.63, 3.8) is 0 Å². The van der Waals surface area contributed by atoms with Crippen molar-refractivity contribution in [1.82, 2.24) is 9.38 Å². The number of aromatic nitrogens is 2. The Hall–Kier alpha value is -2.26. The van der Waals surface area contributed by atoms with Crippen molar-refractivity contribution in [2.75, 3.05) is 0 Å². The van der Waals surface area contributed by atoms with Crippen molar-refractivity contribution in [1.29, 1.82) is 0 Å². The molecule has 2 aromatic heterocycles. The molecule has 4 aromatic rings. The zero-order chi connectivity index (χ0) is 17.4. The monoisotopic (exact) mass is 462 g/mol. The molecule has 0 bridgehead atoms. The third kappa shape index (κ3) is 3.16. The van der Waals surface area contributed by atoms with E-state index in [0.717, 1.165) is 13.8 Å². The predicted molar refractivity (Wildman–Crippen MR) is 105 cm³/mol. The maximum absolute atomic E-state index is 12.4. The highest BCUT2D eigenvalue weighted by Gasteiger charge is 2.12. The van der Waals surface area contributed by atoms with Crippen molar-refractivity contribution < 1.29 is 9.53 Å². The van der Waals surface area contributed by atoms with Crippen LogP contribution in [0.2, 0.25) is 0 Å². The molecule has 0 spiro atoms. The Balaban J connectivity index is 1.61. The van der Waals surface area contributed by atoms with Crippen LogP contribution in [0.15, 0.2) is 59.4 Å². The second-order valence-electron chi connectivity index (χ2n) is 5.36. The molecule has 0 aliphatic carbocycles. The van der Waals surface area contributed by atoms with Crippen LogP contribution in [0.3, 0.4) is 0 Å². The van der Waals surface area contributed by atoms with Crippen molar-refractivity contribution >= 4 is 55.1 Å². The van der Waals surface area contributed by atoms with E-state index in [-0.39, 0.29) is 12.2 Å². The second-order valence-corrected chi connectivity index (χ2v) is 7.61. The Labute approximate surface area is 160 Å². The van der Waals surface area contributed by atoms with E-state index < -0.39 is 5.97 Å². The molecule has 0 saturated heterocycles. The zero-order valence-electron chi connectivity index (χ0n) is 12.8. The number of hydrogen-bond donors (Lipinski definition) is 0. The summed E-state index contributed by atoms with van der Waals surface area (Å²) in [5, 5.41) is 0. The SMILES string of the molecule is O=C(OCc1cc(=O)n2c(n1)sc1ccccc12)c1ccc(I)cc1. The molecule has 25 heavy (non-hydrogen) atoms. The van der Waals surface area contributed by atoms with Gasteiger partial charge in [-0.05, 0) is 59.0 Å². The van der Waals surface area contributed by atoms with Gasteiger partial charge < -0.3 is 4.74 Å². The lowest BCUT2D eigenvalue weighted by atomic mass is 10.2. The van der Waals surface area contributed by atoms with Crippen molar-refractivity contribution in [3.05, 3.63) is 79.8 Å². The second kappa shape index (κ2) is 6.57. The van der Waals surface area contributed by atoms with Gasteiger partial charge in [0.25, 0.3) is 5.56 Å². The quantitative estimate of drug-likeness (QED) is 0.343. The molecule has 0 N–H and O–H groups in total. The van der Waals surface area contributed by atoms with Crippen molar-refractivity contribution in [2.24, 2.45) is 0 Å². The maximum Gasteiger partial charge on any atom is 0.338 e. The van der Waals surface area contributed by atoms with Gasteiger partial charge in [-0.2, -0.15) is 0 Å². The average molecular weight is 462 g/mol. The average Bonchev–Trinajstić information content (AvgIpc) is 2.99. The van der Waals surface area contributed by atoms with Crippen molar-refractivity contribution in [2.45, 2.75) is 6.61 Å². The molecular formula is C18H11IN2O3S. The molecule has 0 fully saturated rings. The van der Waals surface area contributed by atoms with Crippen LogP contribution < -0.4 is 5.56 Å². The Kier molecular flexibility index (Phi) is 4.26. The molecule has 2 heterocycles. The molecular weight excluding hydrogens is 451 g/mol. The Morgan fingerprint density at radius 1 is 1.16 bits per heavy atom. The van der Waals surface area contributed by atoms with Crippen LogP contribution in [-0.4, -0.2) is 15.4 Å². The third-order valence-corrected chi connectivity index (χ3v) is 5.42. The van der Waals surface area contributed by atoms with Crippen LogP contribution in [0.1, 0.15) is 16.1 Å². The van der Waals surface area contributed by atoms with Gasteiger partial charge in [-0.1, -0.05) is 23.5 Å². The Morgan fingerprint density at radius 3 is 2.72 bits per heavy atom. The van der Waals surface area contributed by atoms with Crippen LogP contribution in [0, 0.1) is 3.57 Å². The first-order valence-electron chi connectivity index (χ1n) is 7.45. The smallest absolute Gasteiger partial charge is 0.338 e.